The summed E-state index contributed by atoms with van der Waals surface area (Å²) in [4.78, 5) is 10.3. The van der Waals surface area contributed by atoms with Gasteiger partial charge in [0.2, 0.25) is 0 Å². The van der Waals surface area contributed by atoms with Crippen molar-refractivity contribution < 1.29 is 9.66 Å². The molecule has 0 atom stereocenters. The largest absolute Gasteiger partial charge is 0.404 e. The molecule has 1 fully saturated rings. The molecule has 0 radical (unpaired) electrons. The van der Waals surface area contributed by atoms with Crippen LogP contribution in [-0.4, -0.2) is 33.2 Å². The Balaban J connectivity index is 2.16. The minimum Gasteiger partial charge on any atom is -0.381 e. The van der Waals surface area contributed by atoms with Crippen LogP contribution in [0.1, 0.15) is 12.8 Å². The monoisotopic (exact) mass is 381 g/mol. The Morgan fingerprint density at radius 2 is 2.22 bits per heavy atom. The number of alkyl halides is 1. The van der Waals surface area contributed by atoms with Crippen LogP contribution in [0.25, 0.3) is 0 Å². The van der Waals surface area contributed by atoms with Gasteiger partial charge in [0.15, 0.2) is 0 Å². The van der Waals surface area contributed by atoms with Crippen LogP contribution in [0.15, 0.2) is 10.7 Å². The fraction of sp³-hybridized carbons (Fsp3) is 0.700. The van der Waals surface area contributed by atoms with Gasteiger partial charge < -0.3 is 14.9 Å². The van der Waals surface area contributed by atoms with Crippen molar-refractivity contribution in [1.82, 2.24) is 9.78 Å². The number of rotatable bonds is 4. The first-order chi connectivity index (χ1) is 8.56. The number of hydrogen-bond donors (Lipinski definition) is 0. The smallest absolute Gasteiger partial charge is 0.381 e. The molecule has 0 aliphatic carbocycles. The van der Waals surface area contributed by atoms with Crippen molar-refractivity contribution in [3.8, 4) is 0 Å². The van der Waals surface area contributed by atoms with E-state index in [1.165, 1.54) is 0 Å². The average molecular weight is 383 g/mol. The summed E-state index contributed by atoms with van der Waals surface area (Å²) in [5.74, 6) is -0.133. The molecule has 1 aliphatic rings. The van der Waals surface area contributed by atoms with Gasteiger partial charge in [0.1, 0.15) is 4.47 Å². The summed E-state index contributed by atoms with van der Waals surface area (Å²) in [7, 11) is 0. The van der Waals surface area contributed by atoms with Gasteiger partial charge in [-0.3, -0.25) is 0 Å². The van der Waals surface area contributed by atoms with Crippen LogP contribution in [0.5, 0.6) is 0 Å². The van der Waals surface area contributed by atoms with Crippen LogP contribution in [0, 0.1) is 15.5 Å². The summed E-state index contributed by atoms with van der Waals surface area (Å²) in [5.41, 5.74) is 0.0670. The second-order valence-electron chi connectivity index (χ2n) is 4.50. The molecule has 0 aromatic carbocycles. The summed E-state index contributed by atoms with van der Waals surface area (Å²) < 4.78 is 7.43. The fourth-order valence-corrected chi connectivity index (χ4v) is 3.27. The number of halogens is 2. The molecule has 0 unspecified atom stereocenters. The van der Waals surface area contributed by atoms with Crippen LogP contribution in [0.4, 0.5) is 5.82 Å². The molecule has 1 aromatic rings. The summed E-state index contributed by atoms with van der Waals surface area (Å²) in [6.07, 6.45) is 3.53. The maximum atomic E-state index is 10.7. The van der Waals surface area contributed by atoms with Crippen molar-refractivity contribution in [2.24, 2.45) is 5.41 Å². The van der Waals surface area contributed by atoms with E-state index in [0.717, 1.165) is 31.4 Å². The highest BCUT2D eigenvalue weighted by Gasteiger charge is 2.34. The van der Waals surface area contributed by atoms with Crippen LogP contribution < -0.4 is 0 Å². The molecule has 0 saturated carbocycles. The number of hydrogen-bond acceptors (Lipinski definition) is 4. The number of nitrogens with zero attached hydrogens (tertiary/aromatic N) is 3. The Bertz CT molecular complexity index is 444. The predicted octanol–water partition coefficient (Wildman–Crippen LogP) is 2.75. The zero-order chi connectivity index (χ0) is 13.2. The SMILES string of the molecule is O=[N+]([O-])c1nn(CC2(CBr)CCOCC2)cc1Br. The van der Waals surface area contributed by atoms with E-state index in [9.17, 15) is 10.1 Å². The molecule has 18 heavy (non-hydrogen) atoms. The van der Waals surface area contributed by atoms with Crippen molar-refractivity contribution in [2.75, 3.05) is 18.5 Å². The summed E-state index contributed by atoms with van der Waals surface area (Å²) in [5, 5.41) is 15.6. The molecule has 6 nitrogen and oxygen atoms in total. The molecule has 1 saturated heterocycles. The van der Waals surface area contributed by atoms with E-state index in [1.54, 1.807) is 10.9 Å². The van der Waals surface area contributed by atoms with Crippen molar-refractivity contribution in [3.05, 3.63) is 20.8 Å². The highest BCUT2D eigenvalue weighted by Crippen LogP contribution is 2.35. The number of ether oxygens (including phenoxy) is 1. The van der Waals surface area contributed by atoms with Gasteiger partial charge in [0.05, 0.1) is 17.8 Å². The van der Waals surface area contributed by atoms with Crippen molar-refractivity contribution in [3.63, 3.8) is 0 Å². The van der Waals surface area contributed by atoms with E-state index in [-0.39, 0.29) is 11.2 Å². The molecule has 0 amide bonds. The second kappa shape index (κ2) is 5.66. The Morgan fingerprint density at radius 1 is 1.56 bits per heavy atom. The first-order valence-electron chi connectivity index (χ1n) is 5.57. The topological polar surface area (TPSA) is 70.2 Å². The molecule has 8 heteroatoms. The molecule has 2 heterocycles. The highest BCUT2D eigenvalue weighted by molar-refractivity contribution is 9.10. The minimum atomic E-state index is -0.481. The lowest BCUT2D eigenvalue weighted by molar-refractivity contribution is -0.390. The number of nitro groups is 1. The third kappa shape index (κ3) is 2.92. The van der Waals surface area contributed by atoms with Gasteiger partial charge in [0, 0.05) is 24.0 Å². The molecule has 0 N–H and O–H groups in total. The predicted molar refractivity (Wildman–Crippen MR) is 72.9 cm³/mol. The molecular formula is C10H13Br2N3O3. The van der Waals surface area contributed by atoms with E-state index >= 15 is 0 Å². The molecule has 0 spiro atoms. The third-order valence-electron chi connectivity index (χ3n) is 3.21. The summed E-state index contributed by atoms with van der Waals surface area (Å²) in [6.45, 7) is 2.13. The second-order valence-corrected chi connectivity index (χ2v) is 5.92. The van der Waals surface area contributed by atoms with Crippen LogP contribution >= 0.6 is 31.9 Å². The zero-order valence-electron chi connectivity index (χ0n) is 9.64. The van der Waals surface area contributed by atoms with Gasteiger partial charge in [-0.05, 0) is 33.7 Å². The maximum absolute atomic E-state index is 10.7. The fourth-order valence-electron chi connectivity index (χ4n) is 2.07. The molecule has 2 rings (SSSR count). The first kappa shape index (κ1) is 14.0. The van der Waals surface area contributed by atoms with Gasteiger partial charge in [-0.1, -0.05) is 15.9 Å². The molecule has 1 aromatic heterocycles. The Morgan fingerprint density at radius 3 is 2.72 bits per heavy atom. The summed E-state index contributed by atoms with van der Waals surface area (Å²) >= 11 is 6.70. The zero-order valence-corrected chi connectivity index (χ0v) is 12.8. The van der Waals surface area contributed by atoms with E-state index in [4.69, 9.17) is 4.74 Å². The van der Waals surface area contributed by atoms with Crippen molar-refractivity contribution in [2.45, 2.75) is 19.4 Å². The van der Waals surface area contributed by atoms with E-state index in [1.807, 2.05) is 0 Å². The van der Waals surface area contributed by atoms with Gasteiger partial charge in [0.25, 0.3) is 0 Å². The highest BCUT2D eigenvalue weighted by atomic mass is 79.9. The lowest BCUT2D eigenvalue weighted by atomic mass is 9.82. The maximum Gasteiger partial charge on any atom is 0.404 e. The standard InChI is InChI=1S/C10H13Br2N3O3/c11-6-10(1-3-18-4-2-10)7-14-5-8(12)9(13-14)15(16)17/h5H,1-4,6-7H2. The van der Waals surface area contributed by atoms with E-state index < -0.39 is 4.92 Å². The van der Waals surface area contributed by atoms with Crippen molar-refractivity contribution in [1.29, 1.82) is 0 Å². The molecular weight excluding hydrogens is 370 g/mol. The Labute approximate surface area is 121 Å². The normalized spacial score (nSPS) is 18.8. The first-order valence-corrected chi connectivity index (χ1v) is 7.49. The molecule has 0 bridgehead atoms. The van der Waals surface area contributed by atoms with Gasteiger partial charge in [-0.15, -0.1) is 0 Å². The van der Waals surface area contributed by atoms with Crippen LogP contribution in [0.3, 0.4) is 0 Å². The lowest BCUT2D eigenvalue weighted by Gasteiger charge is -2.34. The van der Waals surface area contributed by atoms with Gasteiger partial charge >= 0.3 is 5.82 Å². The number of aromatic nitrogens is 2. The average Bonchev–Trinajstić information content (AvgIpc) is 2.71. The van der Waals surface area contributed by atoms with Crippen molar-refractivity contribution >= 4 is 37.7 Å². The Kier molecular flexibility index (Phi) is 4.39. The van der Waals surface area contributed by atoms with E-state index in [2.05, 4.69) is 37.0 Å². The van der Waals surface area contributed by atoms with Crippen LogP contribution in [-0.2, 0) is 11.3 Å². The summed E-state index contributed by atoms with van der Waals surface area (Å²) in [6, 6.07) is 0. The Hall–Kier alpha value is -0.470. The molecule has 100 valence electrons. The quantitative estimate of drug-likeness (QED) is 0.456. The van der Waals surface area contributed by atoms with E-state index in [0.29, 0.717) is 11.0 Å². The lowest BCUT2D eigenvalue weighted by Crippen LogP contribution is -2.35. The minimum absolute atomic E-state index is 0.0670. The third-order valence-corrected chi connectivity index (χ3v) is 4.96. The van der Waals surface area contributed by atoms with Gasteiger partial charge in [-0.2, -0.15) is 4.68 Å². The van der Waals surface area contributed by atoms with Gasteiger partial charge in [-0.25, -0.2) is 0 Å². The van der Waals surface area contributed by atoms with Crippen LogP contribution in [0.2, 0.25) is 0 Å². The molecule has 1 aliphatic heterocycles.